The number of aromatic nitrogens is 1. The Hall–Kier alpha value is -2.87. The molecule has 0 saturated heterocycles. The summed E-state index contributed by atoms with van der Waals surface area (Å²) in [4.78, 5) is 16.4. The molecule has 0 spiro atoms. The summed E-state index contributed by atoms with van der Waals surface area (Å²) in [5.74, 6) is 0.195. The number of alkyl halides is 3. The molecule has 1 N–H and O–H groups in total. The number of ether oxygens (including phenoxy) is 1. The second-order valence-electron chi connectivity index (χ2n) is 6.36. The maximum atomic E-state index is 13.4. The van der Waals surface area contributed by atoms with Gasteiger partial charge < -0.3 is 10.1 Å². The molecule has 0 saturated carbocycles. The second-order valence-corrected chi connectivity index (χ2v) is 7.24. The van der Waals surface area contributed by atoms with Gasteiger partial charge in [-0.3, -0.25) is 9.78 Å². The van der Waals surface area contributed by atoms with Gasteiger partial charge in [0.2, 0.25) is 0 Å². The number of carbonyl (C=O) groups is 1. The van der Waals surface area contributed by atoms with E-state index in [0.717, 1.165) is 11.6 Å². The van der Waals surface area contributed by atoms with Gasteiger partial charge in [-0.05, 0) is 17.2 Å². The molecule has 0 fully saturated rings. The molecule has 0 aliphatic carbocycles. The van der Waals surface area contributed by atoms with E-state index >= 15 is 0 Å². The number of para-hydroxylation sites is 1. The Balaban J connectivity index is 1.56. The number of fused-ring (bicyclic) bond motifs is 1. The molecule has 0 bridgehead atoms. The Morgan fingerprint density at radius 3 is 2.71 bits per heavy atom. The molecule has 3 aromatic rings. The third kappa shape index (κ3) is 3.60. The second kappa shape index (κ2) is 7.27. The van der Waals surface area contributed by atoms with Crippen LogP contribution in [0.15, 0.2) is 54.2 Å². The number of hydrogen-bond donors (Lipinski definition) is 1. The number of amides is 1. The van der Waals surface area contributed by atoms with E-state index in [2.05, 4.69) is 10.3 Å². The van der Waals surface area contributed by atoms with Crippen molar-refractivity contribution in [2.45, 2.75) is 18.7 Å². The highest BCUT2D eigenvalue weighted by Gasteiger charge is 2.35. The maximum Gasteiger partial charge on any atom is 0.417 e. The van der Waals surface area contributed by atoms with Crippen LogP contribution < -0.4 is 10.1 Å². The molecule has 2 aromatic carbocycles. The van der Waals surface area contributed by atoms with Crippen LogP contribution in [0.3, 0.4) is 0 Å². The summed E-state index contributed by atoms with van der Waals surface area (Å²) in [5.41, 5.74) is 2.18. The van der Waals surface area contributed by atoms with Gasteiger partial charge in [0.1, 0.15) is 16.7 Å². The van der Waals surface area contributed by atoms with Crippen molar-refractivity contribution >= 4 is 17.2 Å². The summed E-state index contributed by atoms with van der Waals surface area (Å²) in [5, 5.41) is 2.78. The van der Waals surface area contributed by atoms with Gasteiger partial charge in [-0.1, -0.05) is 36.4 Å². The largest absolute Gasteiger partial charge is 0.487 e. The third-order valence-corrected chi connectivity index (χ3v) is 5.27. The van der Waals surface area contributed by atoms with E-state index in [4.69, 9.17) is 4.74 Å². The van der Waals surface area contributed by atoms with Crippen molar-refractivity contribution in [1.29, 1.82) is 0 Å². The van der Waals surface area contributed by atoms with Crippen LogP contribution >= 0.6 is 11.3 Å². The van der Waals surface area contributed by atoms with Gasteiger partial charge in [0, 0.05) is 12.0 Å². The average molecular weight is 404 g/mol. The number of carbonyl (C=O) groups excluding carboxylic acids is 1. The molecule has 1 aliphatic heterocycles. The highest BCUT2D eigenvalue weighted by Crippen LogP contribution is 2.43. The summed E-state index contributed by atoms with van der Waals surface area (Å²) in [6, 6.07) is 10.6. The van der Waals surface area contributed by atoms with E-state index in [0.29, 0.717) is 22.6 Å². The average Bonchev–Trinajstić information content (AvgIpc) is 3.34. The minimum absolute atomic E-state index is 0.0844. The highest BCUT2D eigenvalue weighted by molar-refractivity contribution is 7.11. The van der Waals surface area contributed by atoms with E-state index in [-0.39, 0.29) is 24.1 Å². The van der Waals surface area contributed by atoms with Gasteiger partial charge in [0.05, 0.1) is 23.8 Å². The van der Waals surface area contributed by atoms with Crippen LogP contribution in [-0.2, 0) is 12.6 Å². The molecule has 1 aliphatic rings. The van der Waals surface area contributed by atoms with Crippen LogP contribution in [0.2, 0.25) is 0 Å². The molecule has 4 nitrogen and oxygen atoms in total. The van der Waals surface area contributed by atoms with Crippen molar-refractivity contribution < 1.29 is 22.7 Å². The van der Waals surface area contributed by atoms with Crippen LogP contribution in [-0.4, -0.2) is 23.5 Å². The fraction of sp³-hybridized carbons (Fsp3) is 0.200. The molecule has 8 heteroatoms. The molecule has 1 amide bonds. The molecule has 28 heavy (non-hydrogen) atoms. The third-order valence-electron chi connectivity index (χ3n) is 4.50. The summed E-state index contributed by atoms with van der Waals surface area (Å²) < 4.78 is 46.2. The Bertz CT molecular complexity index is 1000. The topological polar surface area (TPSA) is 51.2 Å². The fourth-order valence-corrected chi connectivity index (χ4v) is 3.79. The van der Waals surface area contributed by atoms with Crippen molar-refractivity contribution in [2.24, 2.45) is 0 Å². The highest BCUT2D eigenvalue weighted by atomic mass is 32.1. The monoisotopic (exact) mass is 404 g/mol. The van der Waals surface area contributed by atoms with Gasteiger partial charge in [-0.25, -0.2) is 0 Å². The quantitative estimate of drug-likeness (QED) is 0.694. The summed E-state index contributed by atoms with van der Waals surface area (Å²) in [6.07, 6.45) is -2.80. The standard InChI is InChI=1S/C20H15F3N2O2S/c21-20(22,23)16-7-2-1-5-14(16)15-6-3-4-12-8-13(27-18(12)15)9-25-19(26)17-10-24-11-28-17/h1-7,10-11,13H,8-9H2,(H,25,26). The predicted octanol–water partition coefficient (Wildman–Crippen LogP) is 4.56. The first-order valence-electron chi connectivity index (χ1n) is 8.55. The first-order chi connectivity index (χ1) is 13.4. The van der Waals surface area contributed by atoms with Gasteiger partial charge in [-0.15, -0.1) is 11.3 Å². The molecule has 0 radical (unpaired) electrons. The minimum atomic E-state index is -4.46. The molecule has 4 rings (SSSR count). The molecular formula is C20H15F3N2O2S. The molecule has 1 aromatic heterocycles. The molecule has 1 unspecified atom stereocenters. The maximum absolute atomic E-state index is 13.4. The number of halogens is 3. The van der Waals surface area contributed by atoms with Gasteiger partial charge in [-0.2, -0.15) is 13.2 Å². The number of nitrogens with zero attached hydrogens (tertiary/aromatic N) is 1. The zero-order valence-electron chi connectivity index (χ0n) is 14.5. The predicted molar refractivity (Wildman–Crippen MR) is 99.4 cm³/mol. The first kappa shape index (κ1) is 18.5. The molecule has 1 atom stereocenters. The van der Waals surface area contributed by atoms with Crippen LogP contribution in [0.5, 0.6) is 5.75 Å². The van der Waals surface area contributed by atoms with Crippen molar-refractivity contribution in [3.63, 3.8) is 0 Å². The van der Waals surface area contributed by atoms with Crippen LogP contribution in [0.25, 0.3) is 11.1 Å². The Labute approximate surface area is 163 Å². The number of rotatable bonds is 4. The first-order valence-corrected chi connectivity index (χ1v) is 9.43. The molecule has 144 valence electrons. The van der Waals surface area contributed by atoms with E-state index in [1.165, 1.54) is 29.7 Å². The zero-order chi connectivity index (χ0) is 19.7. The lowest BCUT2D eigenvalue weighted by atomic mass is 9.96. The van der Waals surface area contributed by atoms with Gasteiger partial charge in [0.15, 0.2) is 0 Å². The number of hydrogen-bond acceptors (Lipinski definition) is 4. The molecule has 2 heterocycles. The lowest BCUT2D eigenvalue weighted by Crippen LogP contribution is -2.34. The van der Waals surface area contributed by atoms with E-state index in [9.17, 15) is 18.0 Å². The van der Waals surface area contributed by atoms with Crippen molar-refractivity contribution in [3.05, 3.63) is 70.2 Å². The lowest BCUT2D eigenvalue weighted by Gasteiger charge is -2.16. The van der Waals surface area contributed by atoms with E-state index in [1.807, 2.05) is 6.07 Å². The summed E-state index contributed by atoms with van der Waals surface area (Å²) in [7, 11) is 0. The Morgan fingerprint density at radius 2 is 1.96 bits per heavy atom. The number of nitrogens with one attached hydrogen (secondary N) is 1. The number of benzene rings is 2. The van der Waals surface area contributed by atoms with E-state index < -0.39 is 11.7 Å². The lowest BCUT2D eigenvalue weighted by molar-refractivity contribution is -0.137. The van der Waals surface area contributed by atoms with Crippen LogP contribution in [0.4, 0.5) is 13.2 Å². The minimum Gasteiger partial charge on any atom is -0.487 e. The van der Waals surface area contributed by atoms with E-state index in [1.54, 1.807) is 23.7 Å². The zero-order valence-corrected chi connectivity index (χ0v) is 15.3. The van der Waals surface area contributed by atoms with Crippen LogP contribution in [0.1, 0.15) is 20.8 Å². The summed E-state index contributed by atoms with van der Waals surface area (Å²) in [6.45, 7) is 0.256. The van der Waals surface area contributed by atoms with Gasteiger partial charge in [0.25, 0.3) is 5.91 Å². The van der Waals surface area contributed by atoms with Gasteiger partial charge >= 0.3 is 6.18 Å². The summed E-state index contributed by atoms with van der Waals surface area (Å²) >= 11 is 1.23. The molecular weight excluding hydrogens is 389 g/mol. The van der Waals surface area contributed by atoms with Crippen molar-refractivity contribution in [3.8, 4) is 16.9 Å². The van der Waals surface area contributed by atoms with Crippen LogP contribution in [0, 0.1) is 0 Å². The Kier molecular flexibility index (Phi) is 4.80. The SMILES string of the molecule is O=C(NCC1Cc2cccc(-c3ccccc3C(F)(F)F)c2O1)c1cncs1. The fourth-order valence-electron chi connectivity index (χ4n) is 3.25. The number of thiazole rings is 1. The van der Waals surface area contributed by atoms with Crippen molar-refractivity contribution in [1.82, 2.24) is 10.3 Å². The van der Waals surface area contributed by atoms with Crippen molar-refractivity contribution in [2.75, 3.05) is 6.54 Å². The normalized spacial score (nSPS) is 15.8. The smallest absolute Gasteiger partial charge is 0.417 e. The Morgan fingerprint density at radius 1 is 1.18 bits per heavy atom.